The number of halogens is 2. The third-order valence-electron chi connectivity index (χ3n) is 4.00. The fourth-order valence-corrected chi connectivity index (χ4v) is 5.73. The number of unbranched alkanes of at least 4 members (excludes halogenated alkanes) is 1. The van der Waals surface area contributed by atoms with Crippen molar-refractivity contribution in [3.63, 3.8) is 0 Å². The van der Waals surface area contributed by atoms with Crippen LogP contribution in [0.2, 0.25) is 0 Å². The van der Waals surface area contributed by atoms with E-state index in [1.807, 2.05) is 6.92 Å². The lowest BCUT2D eigenvalue weighted by Gasteiger charge is -2.27. The molecule has 1 aliphatic rings. The summed E-state index contributed by atoms with van der Waals surface area (Å²) in [5.74, 6) is -0.171. The largest absolute Gasteiger partial charge is 0.286 e. The molecule has 1 atom stereocenters. The van der Waals surface area contributed by atoms with Gasteiger partial charge in [-0.2, -0.15) is 8.42 Å². The number of fused-ring (bicyclic) bond motifs is 1. The Kier molecular flexibility index (Phi) is 5.37. The summed E-state index contributed by atoms with van der Waals surface area (Å²) < 4.78 is 32.8. The first-order valence-corrected chi connectivity index (χ1v) is 10.4. The smallest absolute Gasteiger partial charge is 0.264 e. The zero-order valence-corrected chi connectivity index (χ0v) is 17.0. The van der Waals surface area contributed by atoms with Crippen LogP contribution in [0.1, 0.15) is 38.7 Å². The van der Waals surface area contributed by atoms with Crippen molar-refractivity contribution in [3.05, 3.63) is 24.8 Å². The Morgan fingerprint density at radius 2 is 1.95 bits per heavy atom. The monoisotopic (exact) mass is 533 g/mol. The quantitative estimate of drug-likeness (QED) is 0.349. The molecule has 0 saturated carbocycles. The van der Waals surface area contributed by atoms with Crippen LogP contribution in [0.5, 0.6) is 0 Å². The van der Waals surface area contributed by atoms with Crippen molar-refractivity contribution < 1.29 is 13.0 Å². The van der Waals surface area contributed by atoms with E-state index in [9.17, 15) is 8.42 Å². The fraction of sp³-hybridized carbons (Fsp3) is 0.500. The van der Waals surface area contributed by atoms with Crippen LogP contribution < -0.4 is 0 Å². The molecule has 1 N–H and O–H groups in total. The number of hydrogen-bond acceptors (Lipinski definition) is 3. The van der Waals surface area contributed by atoms with E-state index in [0.29, 0.717) is 6.42 Å². The van der Waals surface area contributed by atoms with E-state index in [-0.39, 0.29) is 11.2 Å². The molecule has 0 aromatic heterocycles. The Bertz CT molecular complexity index is 700. The first-order chi connectivity index (χ1) is 9.63. The second kappa shape index (κ2) is 6.40. The van der Waals surface area contributed by atoms with Gasteiger partial charge in [0.2, 0.25) is 0 Å². The number of aliphatic imine (C=N–C) groups is 1. The summed E-state index contributed by atoms with van der Waals surface area (Å²) in [4.78, 5) is 4.69. The van der Waals surface area contributed by atoms with Crippen LogP contribution in [0.25, 0.3) is 0 Å². The van der Waals surface area contributed by atoms with Crippen molar-refractivity contribution in [2.24, 2.45) is 4.99 Å². The Morgan fingerprint density at radius 3 is 2.57 bits per heavy atom. The lowest BCUT2D eigenvalue weighted by atomic mass is 9.76. The van der Waals surface area contributed by atoms with E-state index in [1.54, 1.807) is 0 Å². The summed E-state index contributed by atoms with van der Waals surface area (Å²) in [5.41, 5.74) is 3.20. The fourth-order valence-electron chi connectivity index (χ4n) is 2.75. The summed E-state index contributed by atoms with van der Waals surface area (Å²) in [5, 5.41) is 0. The molecule has 1 aromatic rings. The molecule has 0 spiro atoms. The molecule has 0 amide bonds. The maximum atomic E-state index is 10.8. The first-order valence-electron chi connectivity index (χ1n) is 6.64. The zero-order chi connectivity index (χ0) is 15.8. The minimum atomic E-state index is -3.86. The van der Waals surface area contributed by atoms with Gasteiger partial charge in [0.1, 0.15) is 0 Å². The summed E-state index contributed by atoms with van der Waals surface area (Å²) in [6.45, 7) is 4.20. The van der Waals surface area contributed by atoms with Gasteiger partial charge in [-0.1, -0.05) is 13.3 Å². The summed E-state index contributed by atoms with van der Waals surface area (Å²) >= 11 is 4.64. The summed E-state index contributed by atoms with van der Waals surface area (Å²) in [7, 11) is -3.86. The molecule has 4 nitrogen and oxygen atoms in total. The molecule has 1 heterocycles. The molecule has 21 heavy (non-hydrogen) atoms. The lowest BCUT2D eigenvalue weighted by Crippen LogP contribution is -2.28. The summed E-state index contributed by atoms with van der Waals surface area (Å²) in [6, 6.07) is 4.23. The average Bonchev–Trinajstić information content (AvgIpc) is 2.56. The minimum absolute atomic E-state index is 0.143. The normalized spacial score (nSPS) is 21.3. The SMILES string of the molecule is CC1=Nc2cc(I)cc(I)c2C1(C)CCCCS(=O)(=O)O. The van der Waals surface area contributed by atoms with Gasteiger partial charge < -0.3 is 0 Å². The van der Waals surface area contributed by atoms with Crippen molar-refractivity contribution >= 4 is 66.7 Å². The molecule has 116 valence electrons. The lowest BCUT2D eigenvalue weighted by molar-refractivity contribution is 0.475. The predicted molar refractivity (Wildman–Crippen MR) is 102 cm³/mol. The predicted octanol–water partition coefficient (Wildman–Crippen LogP) is 4.32. The number of nitrogens with zero attached hydrogens (tertiary/aromatic N) is 1. The Labute approximate surface area is 152 Å². The van der Waals surface area contributed by atoms with Gasteiger partial charge in [-0.05, 0) is 77.1 Å². The first kappa shape index (κ1) is 17.6. The van der Waals surface area contributed by atoms with E-state index in [4.69, 9.17) is 9.55 Å². The van der Waals surface area contributed by atoms with Crippen LogP contribution in [0.15, 0.2) is 17.1 Å². The summed E-state index contributed by atoms with van der Waals surface area (Å²) in [6.07, 6.45) is 2.05. The Hall–Kier alpha value is 0.260. The van der Waals surface area contributed by atoms with Crippen LogP contribution in [-0.4, -0.2) is 24.4 Å². The van der Waals surface area contributed by atoms with Crippen molar-refractivity contribution in [1.82, 2.24) is 0 Å². The molecule has 0 aliphatic carbocycles. The van der Waals surface area contributed by atoms with Crippen LogP contribution in [-0.2, 0) is 15.5 Å². The van der Waals surface area contributed by atoms with E-state index >= 15 is 0 Å². The third-order valence-corrected chi connectivity index (χ3v) is 6.28. The van der Waals surface area contributed by atoms with Crippen molar-refractivity contribution in [1.29, 1.82) is 0 Å². The molecule has 7 heteroatoms. The molecule has 1 aromatic carbocycles. The topological polar surface area (TPSA) is 66.7 Å². The number of hydrogen-bond donors (Lipinski definition) is 1. The molecule has 0 bridgehead atoms. The van der Waals surface area contributed by atoms with Gasteiger partial charge in [-0.15, -0.1) is 0 Å². The van der Waals surface area contributed by atoms with Crippen LogP contribution in [0.4, 0.5) is 5.69 Å². The zero-order valence-electron chi connectivity index (χ0n) is 11.9. The van der Waals surface area contributed by atoms with Gasteiger partial charge in [-0.3, -0.25) is 9.55 Å². The van der Waals surface area contributed by atoms with Gasteiger partial charge in [-0.25, -0.2) is 0 Å². The molecular formula is C14H17I2NO3S. The van der Waals surface area contributed by atoms with Crippen LogP contribution >= 0.6 is 45.2 Å². The molecule has 0 fully saturated rings. The van der Waals surface area contributed by atoms with Crippen LogP contribution in [0.3, 0.4) is 0 Å². The molecule has 2 rings (SSSR count). The highest BCUT2D eigenvalue weighted by molar-refractivity contribution is 14.1. The second-order valence-corrected chi connectivity index (χ2v) is 9.53. The minimum Gasteiger partial charge on any atom is -0.286 e. The maximum Gasteiger partial charge on any atom is 0.264 e. The van der Waals surface area contributed by atoms with Gasteiger partial charge in [0.25, 0.3) is 10.1 Å². The Balaban J connectivity index is 2.19. The van der Waals surface area contributed by atoms with E-state index in [2.05, 4.69) is 64.2 Å². The standard InChI is InChI=1S/C14H17I2NO3S/c1-9-14(2,5-3-4-6-21(18,19)20)13-11(16)7-10(15)8-12(13)17-9/h7-8H,3-6H2,1-2H3,(H,18,19,20). The van der Waals surface area contributed by atoms with Crippen molar-refractivity contribution in [2.75, 3.05) is 5.75 Å². The Morgan fingerprint density at radius 1 is 1.29 bits per heavy atom. The molecule has 0 saturated heterocycles. The second-order valence-electron chi connectivity index (χ2n) is 5.55. The molecular weight excluding hydrogens is 516 g/mol. The van der Waals surface area contributed by atoms with E-state index < -0.39 is 10.1 Å². The maximum absolute atomic E-state index is 10.8. The molecule has 1 unspecified atom stereocenters. The molecule has 0 radical (unpaired) electrons. The van der Waals surface area contributed by atoms with Gasteiger partial charge in [0, 0.05) is 23.8 Å². The van der Waals surface area contributed by atoms with Crippen molar-refractivity contribution in [2.45, 2.75) is 38.5 Å². The highest BCUT2D eigenvalue weighted by atomic mass is 127. The van der Waals surface area contributed by atoms with Gasteiger partial charge >= 0.3 is 0 Å². The number of benzene rings is 1. The highest BCUT2D eigenvalue weighted by Crippen LogP contribution is 2.46. The van der Waals surface area contributed by atoms with Gasteiger partial charge in [0.15, 0.2) is 0 Å². The van der Waals surface area contributed by atoms with Crippen LogP contribution in [0, 0.1) is 7.14 Å². The van der Waals surface area contributed by atoms with E-state index in [0.717, 1.165) is 24.2 Å². The van der Waals surface area contributed by atoms with Crippen molar-refractivity contribution in [3.8, 4) is 0 Å². The van der Waals surface area contributed by atoms with E-state index in [1.165, 1.54) is 12.7 Å². The average molecular weight is 533 g/mol. The number of rotatable bonds is 5. The van der Waals surface area contributed by atoms with Gasteiger partial charge in [0.05, 0.1) is 11.4 Å². The molecule has 1 aliphatic heterocycles. The third kappa shape index (κ3) is 3.97. The highest BCUT2D eigenvalue weighted by Gasteiger charge is 2.38.